The van der Waals surface area contributed by atoms with Gasteiger partial charge < -0.3 is 14.8 Å². The molecule has 3 rings (SSSR count). The van der Waals surface area contributed by atoms with E-state index in [0.717, 1.165) is 48.5 Å². The van der Waals surface area contributed by atoms with Crippen LogP contribution in [0.2, 0.25) is 0 Å². The first-order valence-electron chi connectivity index (χ1n) is 6.23. The van der Waals surface area contributed by atoms with Crippen molar-refractivity contribution in [2.24, 2.45) is 0 Å². The lowest BCUT2D eigenvalue weighted by atomic mass is 10.1. The molecular weight excluding hydrogens is 230 g/mol. The van der Waals surface area contributed by atoms with Crippen molar-refractivity contribution >= 4 is 10.9 Å². The van der Waals surface area contributed by atoms with Crippen LogP contribution in [0, 0.1) is 0 Å². The number of ether oxygens (including phenoxy) is 2. The number of aromatic amines is 1. The van der Waals surface area contributed by atoms with Crippen molar-refractivity contribution in [3.63, 3.8) is 0 Å². The summed E-state index contributed by atoms with van der Waals surface area (Å²) in [4.78, 5) is 0. The molecule has 1 fully saturated rings. The van der Waals surface area contributed by atoms with Gasteiger partial charge in [0.2, 0.25) is 0 Å². The van der Waals surface area contributed by atoms with Gasteiger partial charge >= 0.3 is 0 Å². The van der Waals surface area contributed by atoms with E-state index in [-0.39, 0.29) is 6.10 Å². The summed E-state index contributed by atoms with van der Waals surface area (Å²) in [6.07, 6.45) is 1.08. The third-order valence-electron chi connectivity index (χ3n) is 3.26. The Hall–Kier alpha value is -1.59. The predicted octanol–water partition coefficient (Wildman–Crippen LogP) is 1.62. The normalized spacial score (nSPS) is 20.8. The largest absolute Gasteiger partial charge is 0.497 e. The number of benzene rings is 1. The van der Waals surface area contributed by atoms with Crippen molar-refractivity contribution in [3.05, 3.63) is 23.9 Å². The number of methoxy groups -OCH3 is 1. The van der Waals surface area contributed by atoms with Gasteiger partial charge in [-0.2, -0.15) is 5.10 Å². The van der Waals surface area contributed by atoms with Crippen molar-refractivity contribution in [3.8, 4) is 5.75 Å². The van der Waals surface area contributed by atoms with Gasteiger partial charge in [0.1, 0.15) is 11.9 Å². The summed E-state index contributed by atoms with van der Waals surface area (Å²) in [5, 5.41) is 11.9. The second kappa shape index (κ2) is 4.96. The summed E-state index contributed by atoms with van der Waals surface area (Å²) in [6, 6.07) is 5.87. The number of hydrogen-bond acceptors (Lipinski definition) is 4. The van der Waals surface area contributed by atoms with Gasteiger partial charge in [-0.15, -0.1) is 0 Å². The van der Waals surface area contributed by atoms with Crippen molar-refractivity contribution in [2.45, 2.75) is 12.5 Å². The van der Waals surface area contributed by atoms with E-state index in [1.807, 2.05) is 18.2 Å². The van der Waals surface area contributed by atoms with E-state index in [4.69, 9.17) is 9.47 Å². The van der Waals surface area contributed by atoms with Gasteiger partial charge in [0.25, 0.3) is 0 Å². The standard InChI is InChI=1S/C13H17N3O2/c1-17-9-3-4-11-10(7-9)13(16-15-11)12-8-14-5-2-6-18-12/h3-4,7,12,14H,2,5-6,8H2,1H3,(H,15,16). The molecule has 1 unspecified atom stereocenters. The zero-order chi connectivity index (χ0) is 12.4. The Morgan fingerprint density at radius 2 is 2.39 bits per heavy atom. The van der Waals surface area contributed by atoms with Crippen LogP contribution in [0.4, 0.5) is 0 Å². The van der Waals surface area contributed by atoms with Gasteiger partial charge in [0, 0.05) is 18.5 Å². The molecule has 1 aromatic heterocycles. The molecule has 5 heteroatoms. The van der Waals surface area contributed by atoms with Crippen molar-refractivity contribution in [2.75, 3.05) is 26.8 Å². The molecule has 1 aromatic carbocycles. The Labute approximate surface area is 105 Å². The zero-order valence-corrected chi connectivity index (χ0v) is 10.4. The van der Waals surface area contributed by atoms with Crippen LogP contribution in [0.25, 0.3) is 10.9 Å². The highest BCUT2D eigenvalue weighted by molar-refractivity contribution is 5.83. The molecule has 0 aliphatic carbocycles. The highest BCUT2D eigenvalue weighted by Crippen LogP contribution is 2.27. The number of aromatic nitrogens is 2. The highest BCUT2D eigenvalue weighted by Gasteiger charge is 2.19. The number of H-pyrrole nitrogens is 1. The zero-order valence-electron chi connectivity index (χ0n) is 10.4. The van der Waals surface area contributed by atoms with Gasteiger partial charge in [0.05, 0.1) is 18.3 Å². The van der Waals surface area contributed by atoms with Gasteiger partial charge in [-0.3, -0.25) is 5.10 Å². The SMILES string of the molecule is COc1ccc2n[nH]c(C3CNCCCO3)c2c1. The van der Waals surface area contributed by atoms with E-state index >= 15 is 0 Å². The first kappa shape index (κ1) is 11.5. The Kier molecular flexibility index (Phi) is 3.17. The minimum Gasteiger partial charge on any atom is -0.497 e. The van der Waals surface area contributed by atoms with Crippen LogP contribution in [-0.2, 0) is 4.74 Å². The average molecular weight is 247 g/mol. The highest BCUT2D eigenvalue weighted by atomic mass is 16.5. The van der Waals surface area contributed by atoms with Crippen LogP contribution in [0.5, 0.6) is 5.75 Å². The average Bonchev–Trinajstić information content (AvgIpc) is 2.64. The maximum absolute atomic E-state index is 5.85. The van der Waals surface area contributed by atoms with Crippen molar-refractivity contribution < 1.29 is 9.47 Å². The molecule has 0 bridgehead atoms. The molecule has 1 saturated heterocycles. The molecule has 18 heavy (non-hydrogen) atoms. The molecule has 0 amide bonds. The number of fused-ring (bicyclic) bond motifs is 1. The maximum atomic E-state index is 5.85. The molecule has 2 N–H and O–H groups in total. The van der Waals surface area contributed by atoms with Crippen molar-refractivity contribution in [1.82, 2.24) is 15.5 Å². The van der Waals surface area contributed by atoms with Crippen LogP contribution >= 0.6 is 0 Å². The minimum absolute atomic E-state index is 0.0320. The van der Waals surface area contributed by atoms with Crippen LogP contribution in [0.3, 0.4) is 0 Å². The fraction of sp³-hybridized carbons (Fsp3) is 0.462. The lowest BCUT2D eigenvalue weighted by Gasteiger charge is -2.13. The van der Waals surface area contributed by atoms with Gasteiger partial charge in [-0.1, -0.05) is 0 Å². The smallest absolute Gasteiger partial charge is 0.119 e. The first-order chi connectivity index (χ1) is 8.88. The number of rotatable bonds is 2. The summed E-state index contributed by atoms with van der Waals surface area (Å²) >= 11 is 0. The van der Waals surface area contributed by atoms with E-state index in [1.54, 1.807) is 7.11 Å². The van der Waals surface area contributed by atoms with E-state index in [1.165, 1.54) is 0 Å². The maximum Gasteiger partial charge on any atom is 0.119 e. The summed E-state index contributed by atoms with van der Waals surface area (Å²) in [5.41, 5.74) is 1.97. The van der Waals surface area contributed by atoms with Crippen LogP contribution in [0.1, 0.15) is 18.2 Å². The minimum atomic E-state index is 0.0320. The number of nitrogens with one attached hydrogen (secondary N) is 2. The van der Waals surface area contributed by atoms with Crippen LogP contribution in [-0.4, -0.2) is 37.0 Å². The molecular formula is C13H17N3O2. The van der Waals surface area contributed by atoms with Crippen LogP contribution < -0.4 is 10.1 Å². The molecule has 1 atom stereocenters. The van der Waals surface area contributed by atoms with Crippen molar-refractivity contribution in [1.29, 1.82) is 0 Å². The number of hydrogen-bond donors (Lipinski definition) is 2. The summed E-state index contributed by atoms with van der Waals surface area (Å²) in [6.45, 7) is 2.60. The second-order valence-corrected chi connectivity index (χ2v) is 4.44. The van der Waals surface area contributed by atoms with Gasteiger partial charge in [-0.05, 0) is 31.2 Å². The summed E-state index contributed by atoms with van der Waals surface area (Å²) in [5.74, 6) is 0.840. The Morgan fingerprint density at radius 3 is 3.28 bits per heavy atom. The van der Waals surface area contributed by atoms with Crippen LogP contribution in [0.15, 0.2) is 18.2 Å². The molecule has 5 nitrogen and oxygen atoms in total. The van der Waals surface area contributed by atoms with E-state index < -0.39 is 0 Å². The molecule has 1 aliphatic heterocycles. The second-order valence-electron chi connectivity index (χ2n) is 4.44. The predicted molar refractivity (Wildman–Crippen MR) is 68.8 cm³/mol. The van der Waals surface area contributed by atoms with E-state index in [0.29, 0.717) is 0 Å². The molecule has 2 aromatic rings. The first-order valence-corrected chi connectivity index (χ1v) is 6.23. The molecule has 1 aliphatic rings. The third-order valence-corrected chi connectivity index (χ3v) is 3.26. The molecule has 0 saturated carbocycles. The lowest BCUT2D eigenvalue weighted by Crippen LogP contribution is -2.20. The lowest BCUT2D eigenvalue weighted by molar-refractivity contribution is 0.0648. The van der Waals surface area contributed by atoms with Gasteiger partial charge in [0.15, 0.2) is 0 Å². The van der Waals surface area contributed by atoms with Gasteiger partial charge in [-0.25, -0.2) is 0 Å². The summed E-state index contributed by atoms with van der Waals surface area (Å²) < 4.78 is 11.1. The summed E-state index contributed by atoms with van der Waals surface area (Å²) in [7, 11) is 1.67. The van der Waals surface area contributed by atoms with E-state index in [9.17, 15) is 0 Å². The topological polar surface area (TPSA) is 59.2 Å². The Balaban J connectivity index is 1.99. The fourth-order valence-corrected chi connectivity index (χ4v) is 2.28. The molecule has 0 radical (unpaired) electrons. The monoisotopic (exact) mass is 247 g/mol. The fourth-order valence-electron chi connectivity index (χ4n) is 2.28. The Morgan fingerprint density at radius 1 is 1.44 bits per heavy atom. The molecule has 2 heterocycles. The molecule has 0 spiro atoms. The number of nitrogens with zero attached hydrogens (tertiary/aromatic N) is 1. The molecule has 96 valence electrons. The third kappa shape index (κ3) is 2.07. The quantitative estimate of drug-likeness (QED) is 0.846. The Bertz CT molecular complexity index is 530. The van der Waals surface area contributed by atoms with E-state index in [2.05, 4.69) is 15.5 Å².